The lowest BCUT2D eigenvalue weighted by Crippen LogP contribution is -2.43. The number of fused-ring (bicyclic) bond motifs is 1. The molecule has 0 bridgehead atoms. The highest BCUT2D eigenvalue weighted by molar-refractivity contribution is 5.97. The number of nitrogens with one attached hydrogen (secondary N) is 1. The summed E-state index contributed by atoms with van der Waals surface area (Å²) in [7, 11) is 1.68. The van der Waals surface area contributed by atoms with E-state index in [0.717, 1.165) is 42.8 Å². The van der Waals surface area contributed by atoms with Gasteiger partial charge in [0, 0.05) is 45.2 Å². The van der Waals surface area contributed by atoms with Gasteiger partial charge >= 0.3 is 0 Å². The highest BCUT2D eigenvalue weighted by Gasteiger charge is 2.27. The van der Waals surface area contributed by atoms with Crippen LogP contribution in [0.15, 0.2) is 6.20 Å². The monoisotopic (exact) mass is 323 g/mol. The number of aryl methyl sites for hydroxylation is 2. The average molecular weight is 323 g/mol. The third kappa shape index (κ3) is 4.56. The van der Waals surface area contributed by atoms with Crippen molar-refractivity contribution in [1.29, 1.82) is 0 Å². The van der Waals surface area contributed by atoms with Crippen LogP contribution in [-0.4, -0.2) is 78.3 Å². The summed E-state index contributed by atoms with van der Waals surface area (Å²) >= 11 is 0. The molecule has 1 atom stereocenters. The summed E-state index contributed by atoms with van der Waals surface area (Å²) in [5.74, 6) is 0.0373. The number of hydrogen-bond acceptors (Lipinski definition) is 4. The molecule has 2 N–H and O–H groups in total. The van der Waals surface area contributed by atoms with Crippen molar-refractivity contribution in [2.75, 3.05) is 46.4 Å². The van der Waals surface area contributed by atoms with Crippen LogP contribution in [0.1, 0.15) is 35.0 Å². The Bertz CT molecular complexity index is 515. The van der Waals surface area contributed by atoms with Crippen LogP contribution in [0, 0.1) is 6.92 Å². The number of aliphatic hydroxyl groups is 1. The molecule has 0 fully saturated rings. The first-order chi connectivity index (χ1) is 11.1. The molecule has 1 aliphatic heterocycles. The fraction of sp³-hybridized carbons (Fsp3) is 0.706. The van der Waals surface area contributed by atoms with Gasteiger partial charge in [-0.05, 0) is 31.9 Å². The molecular formula is C17H29N3O3. The first-order valence-electron chi connectivity index (χ1n) is 8.42. The van der Waals surface area contributed by atoms with E-state index in [0.29, 0.717) is 26.2 Å². The first-order valence-corrected chi connectivity index (χ1v) is 8.42. The number of aromatic amines is 1. The van der Waals surface area contributed by atoms with E-state index in [2.05, 4.69) is 16.8 Å². The minimum absolute atomic E-state index is 0.0373. The minimum Gasteiger partial charge on any atom is -0.390 e. The quantitative estimate of drug-likeness (QED) is 0.750. The van der Waals surface area contributed by atoms with Gasteiger partial charge in [-0.2, -0.15) is 0 Å². The Balaban J connectivity index is 1.96. The minimum atomic E-state index is -0.545. The summed E-state index contributed by atoms with van der Waals surface area (Å²) in [6.07, 6.45) is 3.16. The number of rotatable bonds is 8. The molecule has 0 aromatic carbocycles. The molecule has 2 rings (SSSR count). The predicted octanol–water partition coefficient (Wildman–Crippen LogP) is 1.04. The number of ether oxygens (including phenoxy) is 1. The Kier molecular flexibility index (Phi) is 6.62. The Labute approximate surface area is 138 Å². The fourth-order valence-electron chi connectivity index (χ4n) is 3.16. The topological polar surface area (TPSA) is 68.8 Å². The molecule has 2 heterocycles. The third-order valence-corrected chi connectivity index (χ3v) is 4.47. The number of hydrogen-bond donors (Lipinski definition) is 2. The van der Waals surface area contributed by atoms with Gasteiger partial charge < -0.3 is 19.7 Å². The molecule has 0 unspecified atom stereocenters. The van der Waals surface area contributed by atoms with E-state index in [9.17, 15) is 9.90 Å². The Morgan fingerprint density at radius 3 is 3.00 bits per heavy atom. The zero-order chi connectivity index (χ0) is 16.8. The number of methoxy groups -OCH3 is 1. The smallest absolute Gasteiger partial charge is 0.256 e. The molecule has 1 aliphatic rings. The van der Waals surface area contributed by atoms with Gasteiger partial charge in [0.15, 0.2) is 0 Å². The first kappa shape index (κ1) is 18.0. The second kappa shape index (κ2) is 8.47. The van der Waals surface area contributed by atoms with E-state index in [4.69, 9.17) is 4.74 Å². The maximum atomic E-state index is 12.7. The van der Waals surface area contributed by atoms with Crippen LogP contribution >= 0.6 is 0 Å². The van der Waals surface area contributed by atoms with Crippen LogP contribution in [-0.2, 0) is 11.2 Å². The lowest BCUT2D eigenvalue weighted by Gasteiger charge is -2.28. The Hall–Kier alpha value is -1.37. The van der Waals surface area contributed by atoms with E-state index in [1.807, 2.05) is 13.1 Å². The summed E-state index contributed by atoms with van der Waals surface area (Å²) in [4.78, 5) is 19.9. The van der Waals surface area contributed by atoms with Gasteiger partial charge in [-0.1, -0.05) is 6.92 Å². The maximum absolute atomic E-state index is 12.7. The fourth-order valence-corrected chi connectivity index (χ4v) is 3.16. The second-order valence-corrected chi connectivity index (χ2v) is 6.22. The number of H-pyrrole nitrogens is 1. The van der Waals surface area contributed by atoms with Crippen molar-refractivity contribution < 1.29 is 14.6 Å². The van der Waals surface area contributed by atoms with Crippen molar-refractivity contribution in [3.8, 4) is 0 Å². The number of aromatic nitrogens is 1. The van der Waals surface area contributed by atoms with E-state index in [1.165, 1.54) is 0 Å². The molecule has 130 valence electrons. The number of carbonyl (C=O) groups excluding carboxylic acids is 1. The van der Waals surface area contributed by atoms with Crippen LogP contribution in [0.5, 0.6) is 0 Å². The van der Waals surface area contributed by atoms with Crippen LogP contribution in [0.2, 0.25) is 0 Å². The highest BCUT2D eigenvalue weighted by Crippen LogP contribution is 2.21. The lowest BCUT2D eigenvalue weighted by atomic mass is 10.1. The zero-order valence-electron chi connectivity index (χ0n) is 14.5. The van der Waals surface area contributed by atoms with Crippen molar-refractivity contribution in [1.82, 2.24) is 14.8 Å². The molecule has 0 spiro atoms. The zero-order valence-corrected chi connectivity index (χ0v) is 14.5. The van der Waals surface area contributed by atoms with Crippen LogP contribution in [0.4, 0.5) is 0 Å². The standard InChI is InChI=1S/C17H29N3O3/c1-4-19(8-9-23-3)11-14(21)12-20-7-5-6-15-16(17(20)22)13(2)10-18-15/h10,14,18,21H,4-9,11-12H2,1-3H3/t14-/m0/s1. The largest absolute Gasteiger partial charge is 0.390 e. The average Bonchev–Trinajstić information content (AvgIpc) is 2.82. The normalized spacial score (nSPS) is 16.6. The second-order valence-electron chi connectivity index (χ2n) is 6.22. The summed E-state index contributed by atoms with van der Waals surface area (Å²) < 4.78 is 5.09. The van der Waals surface area contributed by atoms with Gasteiger partial charge in [0.2, 0.25) is 0 Å². The van der Waals surface area contributed by atoms with Gasteiger partial charge in [-0.25, -0.2) is 0 Å². The molecule has 23 heavy (non-hydrogen) atoms. The van der Waals surface area contributed by atoms with Crippen molar-refractivity contribution in [3.05, 3.63) is 23.0 Å². The van der Waals surface area contributed by atoms with E-state index in [-0.39, 0.29) is 5.91 Å². The number of nitrogens with zero attached hydrogens (tertiary/aromatic N) is 2. The van der Waals surface area contributed by atoms with Crippen molar-refractivity contribution in [2.45, 2.75) is 32.8 Å². The number of amides is 1. The summed E-state index contributed by atoms with van der Waals surface area (Å²) in [6.45, 7) is 7.95. The number of aliphatic hydroxyl groups excluding tert-OH is 1. The van der Waals surface area contributed by atoms with E-state index >= 15 is 0 Å². The Morgan fingerprint density at radius 2 is 2.30 bits per heavy atom. The number of carbonyl (C=O) groups is 1. The molecule has 6 heteroatoms. The third-order valence-electron chi connectivity index (χ3n) is 4.47. The van der Waals surface area contributed by atoms with Crippen molar-refractivity contribution in [3.63, 3.8) is 0 Å². The Morgan fingerprint density at radius 1 is 1.52 bits per heavy atom. The van der Waals surface area contributed by atoms with Crippen molar-refractivity contribution in [2.24, 2.45) is 0 Å². The van der Waals surface area contributed by atoms with E-state index in [1.54, 1.807) is 12.0 Å². The van der Waals surface area contributed by atoms with Crippen LogP contribution in [0.3, 0.4) is 0 Å². The molecule has 1 aromatic rings. The predicted molar refractivity (Wildman–Crippen MR) is 89.8 cm³/mol. The highest BCUT2D eigenvalue weighted by atomic mass is 16.5. The SMILES string of the molecule is CCN(CCOC)C[C@H](O)CN1CCCc2[nH]cc(C)c2C1=O. The molecule has 0 aliphatic carbocycles. The van der Waals surface area contributed by atoms with Gasteiger partial charge in [0.1, 0.15) is 0 Å². The molecule has 1 aromatic heterocycles. The van der Waals surface area contributed by atoms with Crippen LogP contribution in [0.25, 0.3) is 0 Å². The van der Waals surface area contributed by atoms with Gasteiger partial charge in [-0.15, -0.1) is 0 Å². The maximum Gasteiger partial charge on any atom is 0.256 e. The molecular weight excluding hydrogens is 294 g/mol. The summed E-state index contributed by atoms with van der Waals surface area (Å²) in [6, 6.07) is 0. The molecule has 0 radical (unpaired) electrons. The number of likely N-dealkylation sites (N-methyl/N-ethyl adjacent to an activating group) is 1. The van der Waals surface area contributed by atoms with Crippen molar-refractivity contribution >= 4 is 5.91 Å². The van der Waals surface area contributed by atoms with Crippen LogP contribution < -0.4 is 0 Å². The van der Waals surface area contributed by atoms with Gasteiger partial charge in [-0.3, -0.25) is 9.69 Å². The summed E-state index contributed by atoms with van der Waals surface area (Å²) in [5.41, 5.74) is 2.81. The number of β-amino-alcohol motifs (C(OH)–C–C–N with tert-alkyl or cyclic N) is 1. The summed E-state index contributed by atoms with van der Waals surface area (Å²) in [5, 5.41) is 10.4. The molecule has 6 nitrogen and oxygen atoms in total. The van der Waals surface area contributed by atoms with Gasteiger partial charge in [0.25, 0.3) is 5.91 Å². The molecule has 1 amide bonds. The van der Waals surface area contributed by atoms with Gasteiger partial charge in [0.05, 0.1) is 18.3 Å². The molecule has 0 saturated carbocycles. The molecule has 0 saturated heterocycles. The lowest BCUT2D eigenvalue weighted by molar-refractivity contribution is 0.0496. The van der Waals surface area contributed by atoms with E-state index < -0.39 is 6.10 Å².